The average molecular weight is 232 g/mol. The van der Waals surface area contributed by atoms with Crippen LogP contribution in [0.5, 0.6) is 5.75 Å². The quantitative estimate of drug-likeness (QED) is 0.756. The maximum atomic E-state index is 10.9. The van der Waals surface area contributed by atoms with E-state index in [9.17, 15) is 4.79 Å². The van der Waals surface area contributed by atoms with Gasteiger partial charge in [0.2, 0.25) is 0 Å². The summed E-state index contributed by atoms with van der Waals surface area (Å²) in [4.78, 5) is 10.9. The van der Waals surface area contributed by atoms with Gasteiger partial charge in [-0.15, -0.1) is 0 Å². The third kappa shape index (κ3) is 2.05. The van der Waals surface area contributed by atoms with Gasteiger partial charge in [0.25, 0.3) is 5.91 Å². The van der Waals surface area contributed by atoms with Crippen molar-refractivity contribution in [2.24, 2.45) is 5.73 Å². The van der Waals surface area contributed by atoms with E-state index < -0.39 is 5.91 Å². The molecule has 0 saturated heterocycles. The topological polar surface area (TPSA) is 96.2 Å². The number of benzene rings is 1. The molecule has 0 aliphatic rings. The Hall–Kier alpha value is -2.50. The van der Waals surface area contributed by atoms with Gasteiger partial charge >= 0.3 is 0 Å². The number of hydrogen-bond acceptors (Lipinski definition) is 4. The van der Waals surface area contributed by atoms with E-state index in [4.69, 9.17) is 16.2 Å². The standard InChI is InChI=1S/C11H12N4O2/c1-17-7-2-3-8(12)10(6-7)15-5-4-9(14-15)11(13)16/h2-6H,12H2,1H3,(H2,13,16). The van der Waals surface area contributed by atoms with Crippen molar-refractivity contribution in [1.82, 2.24) is 9.78 Å². The van der Waals surface area contributed by atoms with Crippen molar-refractivity contribution in [2.75, 3.05) is 12.8 Å². The fourth-order valence-electron chi connectivity index (χ4n) is 1.44. The van der Waals surface area contributed by atoms with Crippen LogP contribution in [0.4, 0.5) is 5.69 Å². The SMILES string of the molecule is COc1ccc(N)c(-n2ccc(C(N)=O)n2)c1. The zero-order valence-electron chi connectivity index (χ0n) is 9.25. The van der Waals surface area contributed by atoms with Crippen molar-refractivity contribution in [1.29, 1.82) is 0 Å². The summed E-state index contributed by atoms with van der Waals surface area (Å²) in [6.07, 6.45) is 1.62. The second kappa shape index (κ2) is 4.17. The minimum Gasteiger partial charge on any atom is -0.497 e. The van der Waals surface area contributed by atoms with Crippen LogP contribution in [0.3, 0.4) is 0 Å². The minimum absolute atomic E-state index is 0.187. The molecule has 0 radical (unpaired) electrons. The van der Waals surface area contributed by atoms with Crippen molar-refractivity contribution in [2.45, 2.75) is 0 Å². The fourth-order valence-corrected chi connectivity index (χ4v) is 1.44. The zero-order chi connectivity index (χ0) is 12.4. The first kappa shape index (κ1) is 11.0. The van der Waals surface area contributed by atoms with Gasteiger partial charge in [-0.2, -0.15) is 5.10 Å². The van der Waals surface area contributed by atoms with Gasteiger partial charge in [-0.3, -0.25) is 4.79 Å². The van der Waals surface area contributed by atoms with E-state index >= 15 is 0 Å². The second-order valence-electron chi connectivity index (χ2n) is 3.43. The van der Waals surface area contributed by atoms with Crippen molar-refractivity contribution in [3.05, 3.63) is 36.2 Å². The Labute approximate surface area is 97.8 Å². The number of nitrogens with two attached hydrogens (primary N) is 2. The molecule has 1 aromatic heterocycles. The first-order valence-corrected chi connectivity index (χ1v) is 4.91. The largest absolute Gasteiger partial charge is 0.497 e. The van der Waals surface area contributed by atoms with Crippen LogP contribution in [-0.4, -0.2) is 22.8 Å². The van der Waals surface area contributed by atoms with Crippen molar-refractivity contribution >= 4 is 11.6 Å². The Balaban J connectivity index is 2.47. The molecule has 6 heteroatoms. The Morgan fingerprint density at radius 2 is 2.18 bits per heavy atom. The summed E-state index contributed by atoms with van der Waals surface area (Å²) in [7, 11) is 1.56. The molecule has 1 heterocycles. The maximum Gasteiger partial charge on any atom is 0.269 e. The van der Waals surface area contributed by atoms with E-state index in [1.807, 2.05) is 0 Å². The van der Waals surface area contributed by atoms with E-state index in [1.54, 1.807) is 31.5 Å². The smallest absolute Gasteiger partial charge is 0.269 e. The molecule has 17 heavy (non-hydrogen) atoms. The van der Waals surface area contributed by atoms with E-state index in [0.717, 1.165) is 0 Å². The van der Waals surface area contributed by atoms with Gasteiger partial charge in [-0.05, 0) is 18.2 Å². The van der Waals surface area contributed by atoms with Crippen LogP contribution in [0, 0.1) is 0 Å². The predicted octanol–water partition coefficient (Wildman–Crippen LogP) is 0.562. The molecule has 0 unspecified atom stereocenters. The molecule has 4 N–H and O–H groups in total. The van der Waals surface area contributed by atoms with E-state index in [0.29, 0.717) is 17.1 Å². The van der Waals surface area contributed by atoms with Gasteiger partial charge in [0, 0.05) is 12.3 Å². The number of methoxy groups -OCH3 is 1. The molecular formula is C11H12N4O2. The number of hydrogen-bond donors (Lipinski definition) is 2. The lowest BCUT2D eigenvalue weighted by atomic mass is 10.2. The van der Waals surface area contributed by atoms with Gasteiger partial charge in [0.1, 0.15) is 11.4 Å². The highest BCUT2D eigenvalue weighted by molar-refractivity contribution is 5.90. The van der Waals surface area contributed by atoms with Gasteiger partial charge in [0.05, 0.1) is 18.5 Å². The summed E-state index contributed by atoms with van der Waals surface area (Å²) < 4.78 is 6.58. The first-order valence-electron chi connectivity index (χ1n) is 4.91. The van der Waals surface area contributed by atoms with E-state index in [1.165, 1.54) is 10.7 Å². The van der Waals surface area contributed by atoms with Crippen LogP contribution in [0.15, 0.2) is 30.5 Å². The van der Waals surface area contributed by atoms with Gasteiger partial charge in [-0.25, -0.2) is 4.68 Å². The van der Waals surface area contributed by atoms with Crippen LogP contribution in [-0.2, 0) is 0 Å². The molecule has 0 bridgehead atoms. The van der Waals surface area contributed by atoms with Crippen LogP contribution >= 0.6 is 0 Å². The number of rotatable bonds is 3. The summed E-state index contributed by atoms with van der Waals surface area (Å²) in [5.41, 5.74) is 12.3. The average Bonchev–Trinajstić information content (AvgIpc) is 2.79. The third-order valence-corrected chi connectivity index (χ3v) is 2.33. The Morgan fingerprint density at radius 3 is 2.76 bits per heavy atom. The van der Waals surface area contributed by atoms with Gasteiger partial charge < -0.3 is 16.2 Å². The summed E-state index contributed by atoms with van der Waals surface area (Å²) >= 11 is 0. The molecule has 0 saturated carbocycles. The van der Waals surface area contributed by atoms with Crippen molar-refractivity contribution in [3.63, 3.8) is 0 Å². The van der Waals surface area contributed by atoms with Gasteiger partial charge in [0.15, 0.2) is 0 Å². The molecule has 0 spiro atoms. The number of ether oxygens (including phenoxy) is 1. The molecule has 6 nitrogen and oxygen atoms in total. The summed E-state index contributed by atoms with van der Waals surface area (Å²) in [5, 5.41) is 4.02. The summed E-state index contributed by atoms with van der Waals surface area (Å²) in [5.74, 6) is 0.0792. The maximum absolute atomic E-state index is 10.9. The van der Waals surface area contributed by atoms with Crippen LogP contribution in [0.25, 0.3) is 5.69 Å². The molecule has 0 fully saturated rings. The van der Waals surface area contributed by atoms with Crippen LogP contribution in [0.1, 0.15) is 10.5 Å². The number of amides is 1. The molecule has 88 valence electrons. The lowest BCUT2D eigenvalue weighted by molar-refractivity contribution is 0.0995. The number of aromatic nitrogens is 2. The molecule has 0 aliphatic heterocycles. The molecule has 1 aromatic carbocycles. The highest BCUT2D eigenvalue weighted by Gasteiger charge is 2.08. The number of anilines is 1. The molecule has 2 rings (SSSR count). The summed E-state index contributed by atoms with van der Waals surface area (Å²) in [6, 6.07) is 6.71. The number of primary amides is 1. The Kier molecular flexibility index (Phi) is 2.70. The monoisotopic (exact) mass is 232 g/mol. The second-order valence-corrected chi connectivity index (χ2v) is 3.43. The minimum atomic E-state index is -0.579. The zero-order valence-corrected chi connectivity index (χ0v) is 9.25. The number of nitrogen functional groups attached to an aromatic ring is 1. The number of carbonyl (C=O) groups excluding carboxylic acids is 1. The van der Waals surface area contributed by atoms with Crippen molar-refractivity contribution in [3.8, 4) is 11.4 Å². The number of carbonyl (C=O) groups is 1. The normalized spacial score (nSPS) is 10.2. The van der Waals surface area contributed by atoms with Crippen molar-refractivity contribution < 1.29 is 9.53 Å². The summed E-state index contributed by atoms with van der Waals surface area (Å²) in [6.45, 7) is 0. The molecular weight excluding hydrogens is 220 g/mol. The fraction of sp³-hybridized carbons (Fsp3) is 0.0909. The van der Waals surface area contributed by atoms with E-state index in [2.05, 4.69) is 5.10 Å². The van der Waals surface area contributed by atoms with Crippen LogP contribution < -0.4 is 16.2 Å². The molecule has 0 aliphatic carbocycles. The molecule has 0 atom stereocenters. The first-order chi connectivity index (χ1) is 8.11. The lowest BCUT2D eigenvalue weighted by Crippen LogP contribution is -2.12. The van der Waals surface area contributed by atoms with Crippen LogP contribution in [0.2, 0.25) is 0 Å². The Morgan fingerprint density at radius 1 is 1.41 bits per heavy atom. The van der Waals surface area contributed by atoms with Gasteiger partial charge in [-0.1, -0.05) is 0 Å². The lowest BCUT2D eigenvalue weighted by Gasteiger charge is -2.07. The predicted molar refractivity (Wildman–Crippen MR) is 63.0 cm³/mol. The molecule has 2 aromatic rings. The van der Waals surface area contributed by atoms with E-state index in [-0.39, 0.29) is 5.69 Å². The highest BCUT2D eigenvalue weighted by atomic mass is 16.5. The number of nitrogens with zero attached hydrogens (tertiary/aromatic N) is 2. The molecule has 1 amide bonds. The Bertz CT molecular complexity index is 562. The third-order valence-electron chi connectivity index (χ3n) is 2.33. The highest BCUT2D eigenvalue weighted by Crippen LogP contribution is 2.22.